The Bertz CT molecular complexity index is 609. The van der Waals surface area contributed by atoms with Crippen LogP contribution < -0.4 is 0 Å². The van der Waals surface area contributed by atoms with Crippen LogP contribution in [0.5, 0.6) is 0 Å². The molecule has 0 saturated heterocycles. The summed E-state index contributed by atoms with van der Waals surface area (Å²) in [6, 6.07) is 8.18. The summed E-state index contributed by atoms with van der Waals surface area (Å²) in [5.41, 5.74) is 3.22. The van der Waals surface area contributed by atoms with E-state index in [-0.39, 0.29) is 5.25 Å². The van der Waals surface area contributed by atoms with Gasteiger partial charge in [0.05, 0.1) is 11.0 Å². The van der Waals surface area contributed by atoms with Crippen LogP contribution in [0.4, 0.5) is 0 Å². The van der Waals surface area contributed by atoms with Crippen LogP contribution in [-0.2, 0) is 6.42 Å². The second-order valence-electron chi connectivity index (χ2n) is 4.05. The predicted octanol–water partition coefficient (Wildman–Crippen LogP) is 3.07. The molecule has 2 aromatic rings. The molecule has 3 rings (SSSR count). The highest BCUT2D eigenvalue weighted by Crippen LogP contribution is 2.43. The first-order valence-corrected chi connectivity index (χ1v) is 7.23. The van der Waals surface area contributed by atoms with Gasteiger partial charge in [-0.3, -0.25) is 0 Å². The Balaban J connectivity index is 1.94. The molecular weight excluding hydrogens is 266 g/mol. The Kier molecular flexibility index (Phi) is 3.05. The van der Waals surface area contributed by atoms with Gasteiger partial charge in [0.2, 0.25) is 0 Å². The lowest BCUT2D eigenvalue weighted by Crippen LogP contribution is -2.02. The van der Waals surface area contributed by atoms with Gasteiger partial charge in [0.15, 0.2) is 4.34 Å². The van der Waals surface area contributed by atoms with E-state index in [0.29, 0.717) is 6.42 Å². The average molecular weight is 277 g/mol. The Morgan fingerprint density at radius 1 is 1.39 bits per heavy atom. The molecule has 0 saturated carbocycles. The van der Waals surface area contributed by atoms with Crippen molar-refractivity contribution in [2.45, 2.75) is 22.9 Å². The van der Waals surface area contributed by atoms with Crippen LogP contribution in [0.3, 0.4) is 0 Å². The van der Waals surface area contributed by atoms with Crippen LogP contribution >= 0.6 is 23.1 Å². The number of oxime groups is 1. The largest absolute Gasteiger partial charge is 0.411 e. The van der Waals surface area contributed by atoms with Crippen molar-refractivity contribution in [2.24, 2.45) is 5.16 Å². The molecule has 0 amide bonds. The van der Waals surface area contributed by atoms with E-state index in [9.17, 15) is 0 Å². The molecule has 1 aromatic carbocycles. The third-order valence-corrected chi connectivity index (χ3v) is 5.08. The number of benzene rings is 1. The van der Waals surface area contributed by atoms with Crippen LogP contribution in [0.1, 0.15) is 21.4 Å². The molecule has 1 aliphatic carbocycles. The van der Waals surface area contributed by atoms with Crippen molar-refractivity contribution < 1.29 is 5.21 Å². The summed E-state index contributed by atoms with van der Waals surface area (Å²) in [5, 5.41) is 21.7. The number of fused-ring (bicyclic) bond motifs is 1. The Labute approximate surface area is 113 Å². The summed E-state index contributed by atoms with van der Waals surface area (Å²) in [4.78, 5) is 0. The lowest BCUT2D eigenvalue weighted by molar-refractivity contribution is 0.317. The van der Waals surface area contributed by atoms with Crippen LogP contribution in [0.2, 0.25) is 0 Å². The lowest BCUT2D eigenvalue weighted by Gasteiger charge is -2.08. The Morgan fingerprint density at radius 3 is 2.94 bits per heavy atom. The molecule has 1 atom stereocenters. The minimum atomic E-state index is 0.0542. The summed E-state index contributed by atoms with van der Waals surface area (Å²) < 4.78 is 0.912. The van der Waals surface area contributed by atoms with Crippen LogP contribution in [0.15, 0.2) is 33.8 Å². The zero-order valence-corrected chi connectivity index (χ0v) is 11.3. The fourth-order valence-electron chi connectivity index (χ4n) is 2.06. The highest BCUT2D eigenvalue weighted by atomic mass is 32.2. The van der Waals surface area contributed by atoms with Crippen LogP contribution in [-0.4, -0.2) is 21.1 Å². The average Bonchev–Trinajstić information content (AvgIpc) is 2.94. The fourth-order valence-corrected chi connectivity index (χ4v) is 4.24. The van der Waals surface area contributed by atoms with Crippen molar-refractivity contribution in [2.75, 3.05) is 0 Å². The number of hydrogen-bond donors (Lipinski definition) is 1. The number of aryl methyl sites for hydroxylation is 1. The third kappa shape index (κ3) is 2.02. The Morgan fingerprint density at radius 2 is 2.22 bits per heavy atom. The van der Waals surface area contributed by atoms with E-state index >= 15 is 0 Å². The summed E-state index contributed by atoms with van der Waals surface area (Å²) in [7, 11) is 0. The minimum absolute atomic E-state index is 0.0542. The van der Waals surface area contributed by atoms with Gasteiger partial charge in [-0.1, -0.05) is 52.5 Å². The topological polar surface area (TPSA) is 58.4 Å². The van der Waals surface area contributed by atoms with E-state index in [1.54, 1.807) is 23.1 Å². The van der Waals surface area contributed by atoms with Crippen molar-refractivity contribution in [3.05, 3.63) is 40.4 Å². The van der Waals surface area contributed by atoms with Gasteiger partial charge < -0.3 is 5.21 Å². The predicted molar refractivity (Wildman–Crippen MR) is 72.6 cm³/mol. The quantitative estimate of drug-likeness (QED) is 0.677. The molecule has 6 heteroatoms. The Hall–Kier alpha value is -1.40. The molecule has 0 aliphatic heterocycles. The van der Waals surface area contributed by atoms with E-state index < -0.39 is 0 Å². The first kappa shape index (κ1) is 11.7. The zero-order chi connectivity index (χ0) is 12.5. The number of nitrogens with zero attached hydrogens (tertiary/aromatic N) is 3. The van der Waals surface area contributed by atoms with Crippen LogP contribution in [0.25, 0.3) is 0 Å². The summed E-state index contributed by atoms with van der Waals surface area (Å²) >= 11 is 3.17. The molecule has 4 nitrogen and oxygen atoms in total. The number of aromatic nitrogens is 2. The van der Waals surface area contributed by atoms with Gasteiger partial charge in [0.1, 0.15) is 5.01 Å². The lowest BCUT2D eigenvalue weighted by atomic mass is 10.1. The summed E-state index contributed by atoms with van der Waals surface area (Å²) in [6.45, 7) is 1.94. The van der Waals surface area contributed by atoms with Gasteiger partial charge in [0.25, 0.3) is 0 Å². The zero-order valence-electron chi connectivity index (χ0n) is 9.70. The van der Waals surface area contributed by atoms with Gasteiger partial charge in [-0.25, -0.2) is 0 Å². The monoisotopic (exact) mass is 277 g/mol. The van der Waals surface area contributed by atoms with Gasteiger partial charge in [-0.05, 0) is 18.1 Å². The molecule has 1 N–H and O–H groups in total. The maximum atomic E-state index is 9.13. The smallest absolute Gasteiger partial charge is 0.175 e. The second-order valence-corrected chi connectivity index (χ2v) is 6.59. The summed E-state index contributed by atoms with van der Waals surface area (Å²) in [6.07, 6.45) is 0.710. The highest BCUT2D eigenvalue weighted by Gasteiger charge is 2.30. The van der Waals surface area contributed by atoms with Crippen molar-refractivity contribution >= 4 is 28.8 Å². The summed E-state index contributed by atoms with van der Waals surface area (Å²) in [5.74, 6) is 0. The number of rotatable bonds is 2. The molecule has 0 radical (unpaired) electrons. The van der Waals surface area contributed by atoms with E-state index in [1.165, 1.54) is 11.1 Å². The molecule has 1 aromatic heterocycles. The third-order valence-electron chi connectivity index (χ3n) is 2.87. The maximum Gasteiger partial charge on any atom is 0.175 e. The minimum Gasteiger partial charge on any atom is -0.411 e. The van der Waals surface area contributed by atoms with Gasteiger partial charge >= 0.3 is 0 Å². The van der Waals surface area contributed by atoms with Crippen LogP contribution in [0, 0.1) is 6.92 Å². The maximum absolute atomic E-state index is 9.13. The van der Waals surface area contributed by atoms with E-state index in [0.717, 1.165) is 15.1 Å². The standard InChI is InChI=1S/C12H11N3OS2/c1-7-13-14-12(17-7)18-11-9-5-3-2-4-8(9)6-10(11)15-16/h2-5,11,16H,6H2,1H3/b15-10-/t11-/m0/s1. The van der Waals surface area contributed by atoms with Crippen molar-refractivity contribution in [3.63, 3.8) is 0 Å². The molecular formula is C12H11N3OS2. The fraction of sp³-hybridized carbons (Fsp3) is 0.250. The van der Waals surface area contributed by atoms with Crippen molar-refractivity contribution in [3.8, 4) is 0 Å². The van der Waals surface area contributed by atoms with Gasteiger partial charge in [-0.15, -0.1) is 10.2 Å². The first-order valence-electron chi connectivity index (χ1n) is 5.53. The molecule has 1 aliphatic rings. The first-order chi connectivity index (χ1) is 8.78. The molecule has 18 heavy (non-hydrogen) atoms. The highest BCUT2D eigenvalue weighted by molar-refractivity contribution is 8.01. The van der Waals surface area contributed by atoms with E-state index in [4.69, 9.17) is 5.21 Å². The molecule has 1 heterocycles. The SMILES string of the molecule is Cc1nnc(S[C@@H]2/C(=N\O)Cc3ccccc32)s1. The van der Waals surface area contributed by atoms with Gasteiger partial charge in [-0.2, -0.15) is 0 Å². The van der Waals surface area contributed by atoms with E-state index in [1.807, 2.05) is 19.1 Å². The molecule has 92 valence electrons. The number of hydrogen-bond acceptors (Lipinski definition) is 6. The molecule has 0 unspecified atom stereocenters. The van der Waals surface area contributed by atoms with Crippen molar-refractivity contribution in [1.29, 1.82) is 0 Å². The molecule has 0 fully saturated rings. The second kappa shape index (κ2) is 4.70. The van der Waals surface area contributed by atoms with Gasteiger partial charge in [0, 0.05) is 6.42 Å². The number of thioether (sulfide) groups is 1. The van der Waals surface area contributed by atoms with E-state index in [2.05, 4.69) is 27.5 Å². The van der Waals surface area contributed by atoms with Crippen molar-refractivity contribution in [1.82, 2.24) is 10.2 Å². The normalized spacial score (nSPS) is 20.3. The molecule has 0 bridgehead atoms. The molecule has 0 spiro atoms.